The molecule has 2 aromatic rings. The maximum Gasteiger partial charge on any atom is 0.316 e. The van der Waals surface area contributed by atoms with Crippen molar-refractivity contribution in [1.29, 1.82) is 0 Å². The Morgan fingerprint density at radius 3 is 2.48 bits per heavy atom. The fraction of sp³-hybridized carbons (Fsp3) is 0.312. The number of amides is 3. The third kappa shape index (κ3) is 4.09. The monoisotopic (exact) mass is 316 g/mol. The lowest BCUT2D eigenvalue weighted by Crippen LogP contribution is -2.24. The van der Waals surface area contributed by atoms with E-state index in [0.29, 0.717) is 29.2 Å². The quantitative estimate of drug-likeness (QED) is 0.787. The zero-order valence-corrected chi connectivity index (χ0v) is 13.3. The Balaban J connectivity index is 2.02. The average molecular weight is 316 g/mol. The highest BCUT2D eigenvalue weighted by atomic mass is 16.5. The first kappa shape index (κ1) is 16.5. The minimum absolute atomic E-state index is 0.0797. The minimum Gasteiger partial charge on any atom is -0.360 e. The zero-order valence-electron chi connectivity index (χ0n) is 13.3. The Morgan fingerprint density at radius 1 is 1.26 bits per heavy atom. The number of carbonyl (C=O) groups is 2. The van der Waals surface area contributed by atoms with Gasteiger partial charge in [-0.2, -0.15) is 0 Å². The number of primary amides is 1. The summed E-state index contributed by atoms with van der Waals surface area (Å²) in [6.07, 6.45) is 0. The second-order valence-electron chi connectivity index (χ2n) is 5.53. The molecule has 0 spiro atoms. The van der Waals surface area contributed by atoms with Crippen LogP contribution in [0.3, 0.4) is 0 Å². The summed E-state index contributed by atoms with van der Waals surface area (Å²) in [6, 6.07) is 6.42. The fourth-order valence-electron chi connectivity index (χ4n) is 2.18. The van der Waals surface area contributed by atoms with E-state index in [9.17, 15) is 9.59 Å². The van der Waals surface area contributed by atoms with Gasteiger partial charge in [0.15, 0.2) is 5.76 Å². The van der Waals surface area contributed by atoms with Gasteiger partial charge < -0.3 is 20.9 Å². The Labute approximate surface area is 134 Å². The number of carbonyl (C=O) groups excluding carboxylic acids is 2. The predicted molar refractivity (Wildman–Crippen MR) is 86.1 cm³/mol. The SMILES string of the molecule is Cc1noc(C(C)C)c1C(=O)NCc1ccc(NC(N)=O)cc1. The topological polar surface area (TPSA) is 110 Å². The molecule has 2 rings (SSSR count). The standard InChI is InChI=1S/C16H20N4O3/c1-9(2)14-13(10(3)20-23-14)15(21)18-8-11-4-6-12(7-5-11)19-16(17)22/h4-7,9H,8H2,1-3H3,(H,18,21)(H3,17,19,22). The molecule has 1 aromatic heterocycles. The van der Waals surface area contributed by atoms with Crippen LogP contribution < -0.4 is 16.4 Å². The largest absolute Gasteiger partial charge is 0.360 e. The smallest absolute Gasteiger partial charge is 0.316 e. The number of benzene rings is 1. The highest BCUT2D eigenvalue weighted by Crippen LogP contribution is 2.22. The lowest BCUT2D eigenvalue weighted by molar-refractivity contribution is 0.0948. The van der Waals surface area contributed by atoms with E-state index in [1.165, 1.54) is 0 Å². The lowest BCUT2D eigenvalue weighted by atomic mass is 10.0. The number of nitrogens with two attached hydrogens (primary N) is 1. The molecule has 1 aromatic carbocycles. The summed E-state index contributed by atoms with van der Waals surface area (Å²) in [4.78, 5) is 23.1. The van der Waals surface area contributed by atoms with Crippen LogP contribution in [0.25, 0.3) is 0 Å². The number of anilines is 1. The van der Waals surface area contributed by atoms with Crippen LogP contribution >= 0.6 is 0 Å². The lowest BCUT2D eigenvalue weighted by Gasteiger charge is -2.08. The Kier molecular flexibility index (Phi) is 5.00. The average Bonchev–Trinajstić information content (AvgIpc) is 2.88. The van der Waals surface area contributed by atoms with Gasteiger partial charge in [-0.3, -0.25) is 4.79 Å². The van der Waals surface area contributed by atoms with Crippen molar-refractivity contribution in [2.45, 2.75) is 33.2 Å². The van der Waals surface area contributed by atoms with Crippen molar-refractivity contribution >= 4 is 17.6 Å². The van der Waals surface area contributed by atoms with Gasteiger partial charge in [-0.25, -0.2) is 4.79 Å². The van der Waals surface area contributed by atoms with Crippen LogP contribution in [0, 0.1) is 6.92 Å². The summed E-state index contributed by atoms with van der Waals surface area (Å²) in [6.45, 7) is 5.99. The molecule has 7 heteroatoms. The van der Waals surface area contributed by atoms with Crippen LogP contribution in [0.2, 0.25) is 0 Å². The highest BCUT2D eigenvalue weighted by molar-refractivity contribution is 5.96. The fourth-order valence-corrected chi connectivity index (χ4v) is 2.18. The van der Waals surface area contributed by atoms with Crippen molar-refractivity contribution in [3.8, 4) is 0 Å². The zero-order chi connectivity index (χ0) is 17.0. The molecule has 0 aliphatic heterocycles. The number of nitrogens with zero attached hydrogens (tertiary/aromatic N) is 1. The molecule has 0 unspecified atom stereocenters. The molecule has 0 bridgehead atoms. The van der Waals surface area contributed by atoms with Gasteiger partial charge in [0.1, 0.15) is 5.56 Å². The molecule has 0 atom stereocenters. The molecule has 1 heterocycles. The van der Waals surface area contributed by atoms with Crippen molar-refractivity contribution in [2.24, 2.45) is 5.73 Å². The molecule has 0 radical (unpaired) electrons. The highest BCUT2D eigenvalue weighted by Gasteiger charge is 2.22. The van der Waals surface area contributed by atoms with Crippen molar-refractivity contribution < 1.29 is 14.1 Å². The Morgan fingerprint density at radius 2 is 1.91 bits per heavy atom. The second-order valence-corrected chi connectivity index (χ2v) is 5.53. The normalized spacial score (nSPS) is 10.6. The maximum atomic E-state index is 12.4. The maximum absolute atomic E-state index is 12.4. The summed E-state index contributed by atoms with van der Waals surface area (Å²) < 4.78 is 5.22. The van der Waals surface area contributed by atoms with E-state index in [2.05, 4.69) is 15.8 Å². The summed E-state index contributed by atoms with van der Waals surface area (Å²) >= 11 is 0. The van der Waals surface area contributed by atoms with E-state index in [1.54, 1.807) is 31.2 Å². The number of rotatable bonds is 5. The number of hydrogen-bond donors (Lipinski definition) is 3. The van der Waals surface area contributed by atoms with Gasteiger partial charge in [0.25, 0.3) is 5.91 Å². The molecule has 0 aliphatic rings. The molecular formula is C16H20N4O3. The van der Waals surface area contributed by atoms with Crippen LogP contribution in [0.1, 0.15) is 47.1 Å². The second kappa shape index (κ2) is 6.95. The van der Waals surface area contributed by atoms with Crippen LogP contribution in [-0.2, 0) is 6.54 Å². The molecule has 4 N–H and O–H groups in total. The summed E-state index contributed by atoms with van der Waals surface area (Å²) in [5, 5.41) is 9.19. The third-order valence-electron chi connectivity index (χ3n) is 3.32. The molecule has 0 saturated carbocycles. The van der Waals surface area contributed by atoms with Crippen LogP contribution in [0.5, 0.6) is 0 Å². The van der Waals surface area contributed by atoms with Gasteiger partial charge in [0.05, 0.1) is 5.69 Å². The van der Waals surface area contributed by atoms with Gasteiger partial charge in [0, 0.05) is 18.2 Å². The molecule has 0 saturated heterocycles. The van der Waals surface area contributed by atoms with Crippen molar-refractivity contribution in [1.82, 2.24) is 10.5 Å². The summed E-state index contributed by atoms with van der Waals surface area (Å²) in [5.41, 5.74) is 7.61. The third-order valence-corrected chi connectivity index (χ3v) is 3.32. The molecule has 0 fully saturated rings. The molecule has 7 nitrogen and oxygen atoms in total. The van der Waals surface area contributed by atoms with Gasteiger partial charge in [-0.1, -0.05) is 31.1 Å². The number of nitrogens with one attached hydrogen (secondary N) is 2. The summed E-state index contributed by atoms with van der Waals surface area (Å²) in [7, 11) is 0. The van der Waals surface area contributed by atoms with Gasteiger partial charge in [0.2, 0.25) is 0 Å². The first-order valence-corrected chi connectivity index (χ1v) is 7.28. The van der Waals surface area contributed by atoms with Crippen LogP contribution in [-0.4, -0.2) is 17.1 Å². The molecule has 23 heavy (non-hydrogen) atoms. The Hall–Kier alpha value is -2.83. The van der Waals surface area contributed by atoms with Crippen molar-refractivity contribution in [3.05, 3.63) is 46.8 Å². The van der Waals surface area contributed by atoms with E-state index >= 15 is 0 Å². The first-order valence-electron chi connectivity index (χ1n) is 7.28. The van der Waals surface area contributed by atoms with Crippen molar-refractivity contribution in [3.63, 3.8) is 0 Å². The number of aryl methyl sites for hydroxylation is 1. The van der Waals surface area contributed by atoms with E-state index in [-0.39, 0.29) is 11.8 Å². The van der Waals surface area contributed by atoms with Gasteiger partial charge in [-0.15, -0.1) is 0 Å². The molecular weight excluding hydrogens is 296 g/mol. The van der Waals surface area contributed by atoms with Crippen LogP contribution in [0.4, 0.5) is 10.5 Å². The van der Waals surface area contributed by atoms with E-state index in [0.717, 1.165) is 5.56 Å². The Bertz CT molecular complexity index is 705. The number of hydrogen-bond acceptors (Lipinski definition) is 4. The van der Waals surface area contributed by atoms with E-state index in [1.807, 2.05) is 13.8 Å². The van der Waals surface area contributed by atoms with Crippen LogP contribution in [0.15, 0.2) is 28.8 Å². The van der Waals surface area contributed by atoms with E-state index < -0.39 is 6.03 Å². The molecule has 3 amide bonds. The first-order chi connectivity index (χ1) is 10.9. The number of urea groups is 1. The van der Waals surface area contributed by atoms with Gasteiger partial charge >= 0.3 is 6.03 Å². The number of aromatic nitrogens is 1. The predicted octanol–water partition coefficient (Wildman–Crippen LogP) is 2.53. The van der Waals surface area contributed by atoms with Gasteiger partial charge in [-0.05, 0) is 24.6 Å². The molecule has 122 valence electrons. The molecule has 0 aliphatic carbocycles. The van der Waals surface area contributed by atoms with Crippen molar-refractivity contribution in [2.75, 3.05) is 5.32 Å². The minimum atomic E-state index is -0.616. The summed E-state index contributed by atoms with van der Waals surface area (Å²) in [5.74, 6) is 0.448. The van der Waals surface area contributed by atoms with E-state index in [4.69, 9.17) is 10.3 Å².